The predicted molar refractivity (Wildman–Crippen MR) is 309 cm³/mol. The molecular formula is C58H92N8O9S. The molecule has 0 radical (unpaired) electrons. The van der Waals surface area contributed by atoms with Gasteiger partial charge in [-0.15, -0.1) is 11.3 Å². The lowest BCUT2D eigenvalue weighted by Gasteiger charge is -2.39. The summed E-state index contributed by atoms with van der Waals surface area (Å²) < 4.78 is 10.8. The average molecular weight is 1080 g/mol. The summed E-state index contributed by atoms with van der Waals surface area (Å²) in [6.07, 6.45) is 11.4. The lowest BCUT2D eigenvalue weighted by atomic mass is 9.96. The van der Waals surface area contributed by atoms with Crippen LogP contribution in [0.3, 0.4) is 0 Å². The van der Waals surface area contributed by atoms with Crippen LogP contribution in [0.2, 0.25) is 0 Å². The molecule has 0 saturated carbocycles. The number of imide groups is 1. The number of benzene rings is 2. The maximum absolute atomic E-state index is 13.1. The number of anilines is 1. The van der Waals surface area contributed by atoms with Gasteiger partial charge in [0.2, 0.25) is 18.2 Å². The Balaban J connectivity index is 0.000000678. The summed E-state index contributed by atoms with van der Waals surface area (Å²) in [5.41, 5.74) is 2.08. The molecule has 1 aliphatic rings. The second kappa shape index (κ2) is 36.8. The number of aromatic nitrogens is 2. The number of urea groups is 1. The molecule has 76 heavy (non-hydrogen) atoms. The van der Waals surface area contributed by atoms with E-state index in [1.54, 1.807) is 32.5 Å². The minimum absolute atomic E-state index is 0.00897. The number of aryl methyl sites for hydroxylation is 1. The summed E-state index contributed by atoms with van der Waals surface area (Å²) in [7, 11) is 3.31. The third-order valence-corrected chi connectivity index (χ3v) is 12.9. The van der Waals surface area contributed by atoms with Gasteiger partial charge in [-0.25, -0.2) is 14.8 Å². The Morgan fingerprint density at radius 3 is 2.17 bits per heavy atom. The molecule has 1 saturated heterocycles. The smallest absolute Gasteiger partial charge is 0.321 e. The van der Waals surface area contributed by atoms with E-state index in [0.717, 1.165) is 69.5 Å². The number of carboxylic acid groups (broad SMARTS) is 1. The van der Waals surface area contributed by atoms with Crippen molar-refractivity contribution in [2.75, 3.05) is 39.2 Å². The Kier molecular flexibility index (Phi) is 32.9. The van der Waals surface area contributed by atoms with Gasteiger partial charge in [0, 0.05) is 54.9 Å². The van der Waals surface area contributed by atoms with Crippen molar-refractivity contribution in [1.29, 1.82) is 0 Å². The number of allylic oxidation sites excluding steroid dienone is 1. The number of nitrogens with zero attached hydrogens (tertiary/aromatic N) is 4. The van der Waals surface area contributed by atoms with Gasteiger partial charge in [-0.1, -0.05) is 129 Å². The lowest BCUT2D eigenvalue weighted by molar-refractivity contribution is -0.147. The van der Waals surface area contributed by atoms with Crippen molar-refractivity contribution in [1.82, 2.24) is 35.7 Å². The molecule has 0 aliphatic carbocycles. The Morgan fingerprint density at radius 1 is 0.961 bits per heavy atom. The Hall–Kier alpha value is -6.11. The first kappa shape index (κ1) is 67.9. The number of unbranched alkanes of at least 4 members (excludes halogenated alkanes) is 3. The van der Waals surface area contributed by atoms with Crippen molar-refractivity contribution in [3.63, 3.8) is 0 Å². The molecule has 4 aromatic rings. The second-order valence-corrected chi connectivity index (χ2v) is 19.9. The van der Waals surface area contributed by atoms with Crippen LogP contribution >= 0.6 is 11.3 Å². The normalized spacial score (nSPS) is 15.0. The van der Waals surface area contributed by atoms with Crippen LogP contribution in [0.4, 0.5) is 9.93 Å². The molecule has 2 aromatic carbocycles. The van der Waals surface area contributed by atoms with Crippen molar-refractivity contribution < 1.29 is 43.7 Å². The Labute approximate surface area is 458 Å². The number of aliphatic carboxylic acids is 1. The number of ether oxygens (including phenoxy) is 2. The van der Waals surface area contributed by atoms with Crippen LogP contribution in [0.1, 0.15) is 140 Å². The summed E-state index contributed by atoms with van der Waals surface area (Å²) in [5.74, 6) is -0.846. The number of nitrogens with one attached hydrogen (secondary N) is 4. The van der Waals surface area contributed by atoms with E-state index in [-0.39, 0.29) is 19.0 Å². The summed E-state index contributed by atoms with van der Waals surface area (Å²) in [6.45, 7) is 25.0. The fourth-order valence-corrected chi connectivity index (χ4v) is 8.69. The zero-order valence-electron chi connectivity index (χ0n) is 48.2. The van der Waals surface area contributed by atoms with Crippen LogP contribution in [0, 0.1) is 18.8 Å². The van der Waals surface area contributed by atoms with Crippen LogP contribution in [0.5, 0.6) is 11.5 Å². The average Bonchev–Trinajstić information content (AvgIpc) is 4.10. The van der Waals surface area contributed by atoms with Gasteiger partial charge in [0.1, 0.15) is 29.0 Å². The highest BCUT2D eigenvalue weighted by Gasteiger charge is 2.44. The first-order valence-electron chi connectivity index (χ1n) is 26.9. The minimum Gasteiger partial charge on any atom is -0.497 e. The molecule has 6 atom stereocenters. The van der Waals surface area contributed by atoms with Crippen LogP contribution in [0.25, 0.3) is 22.3 Å². The van der Waals surface area contributed by atoms with Gasteiger partial charge in [-0.2, -0.15) is 0 Å². The van der Waals surface area contributed by atoms with Crippen LogP contribution in [0.15, 0.2) is 72.1 Å². The van der Waals surface area contributed by atoms with E-state index in [2.05, 4.69) is 79.9 Å². The number of fused-ring (bicyclic) bond motifs is 1. The Bertz CT molecular complexity index is 2340. The van der Waals surface area contributed by atoms with Crippen molar-refractivity contribution in [3.8, 4) is 22.9 Å². The standard InChI is InChI=1S/C29H51N5O7.C17H19N3O2S.C7H8.C3H8.C2H6/c1-7-9-10-11-12-14-21(4)26(27(38)39)32-29(6,41)24-15-13-16-34(24)25(37)17-30-28(40)31-23(20(3)8-2)18-33(19-35)22(5)36;1-10(2)18-17-20-15(9-23-17)14-8-16(22-4)12-6-5-11(21-3)7-13(12)19-14;1-7-5-3-2-4-6-7;1-3-2;1-2/h12,14,19-21,23-24,26,32,41H,7-11,13,15-18H2,1-6H3,(H,38,39)(H2,30,31,40);5-10H,1-4H3,(H,18,20);2-6H,1H3;3H2,1-2H3;1-2H3/b14-12-;;;;. The van der Waals surface area contributed by atoms with Crippen molar-refractivity contribution in [2.24, 2.45) is 11.8 Å². The largest absolute Gasteiger partial charge is 0.497 e. The third-order valence-electron chi connectivity index (χ3n) is 12.2. The molecule has 6 N–H and O–H groups in total. The van der Waals surface area contributed by atoms with Gasteiger partial charge in [0.15, 0.2) is 5.13 Å². The summed E-state index contributed by atoms with van der Waals surface area (Å²) in [6, 6.07) is 15.4. The maximum Gasteiger partial charge on any atom is 0.321 e. The second-order valence-electron chi connectivity index (χ2n) is 19.0. The van der Waals surface area contributed by atoms with Gasteiger partial charge in [0.25, 0.3) is 0 Å². The number of pyridine rings is 1. The number of methoxy groups -OCH3 is 2. The van der Waals surface area contributed by atoms with E-state index in [1.807, 2.05) is 87.7 Å². The number of amides is 5. The van der Waals surface area contributed by atoms with E-state index in [0.29, 0.717) is 38.3 Å². The summed E-state index contributed by atoms with van der Waals surface area (Å²) in [4.78, 5) is 72.5. The highest BCUT2D eigenvalue weighted by atomic mass is 32.1. The van der Waals surface area contributed by atoms with E-state index in [4.69, 9.17) is 14.5 Å². The van der Waals surface area contributed by atoms with Crippen molar-refractivity contribution in [2.45, 2.75) is 171 Å². The zero-order valence-corrected chi connectivity index (χ0v) is 49.0. The number of hydrogen-bond acceptors (Lipinski definition) is 13. The van der Waals surface area contributed by atoms with E-state index < -0.39 is 53.6 Å². The molecule has 0 spiro atoms. The molecule has 5 rings (SSSR count). The fraction of sp³-hybridized carbons (Fsp3) is 0.569. The summed E-state index contributed by atoms with van der Waals surface area (Å²) in [5, 5.41) is 36.5. The highest BCUT2D eigenvalue weighted by molar-refractivity contribution is 7.14. The van der Waals surface area contributed by atoms with Gasteiger partial charge in [-0.3, -0.25) is 29.4 Å². The van der Waals surface area contributed by atoms with Crippen LogP contribution in [-0.2, 0) is 19.2 Å². The number of carbonyl (C=O) groups excluding carboxylic acids is 4. The molecular weight excluding hydrogens is 985 g/mol. The molecule has 424 valence electrons. The number of carbonyl (C=O) groups is 5. The van der Waals surface area contributed by atoms with E-state index in [1.165, 1.54) is 30.7 Å². The van der Waals surface area contributed by atoms with E-state index >= 15 is 0 Å². The third kappa shape index (κ3) is 23.8. The molecule has 2 aromatic heterocycles. The first-order chi connectivity index (χ1) is 36.2. The maximum atomic E-state index is 13.1. The fourth-order valence-electron chi connectivity index (χ4n) is 7.84. The Morgan fingerprint density at radius 2 is 1.63 bits per heavy atom. The van der Waals surface area contributed by atoms with Crippen LogP contribution < -0.4 is 30.7 Å². The number of hydrogen-bond donors (Lipinski definition) is 6. The molecule has 0 bridgehead atoms. The summed E-state index contributed by atoms with van der Waals surface area (Å²) >= 11 is 1.57. The highest BCUT2D eigenvalue weighted by Crippen LogP contribution is 2.33. The van der Waals surface area contributed by atoms with Gasteiger partial charge in [-0.05, 0) is 71.4 Å². The lowest BCUT2D eigenvalue weighted by Crippen LogP contribution is -2.63. The molecule has 17 nitrogen and oxygen atoms in total. The molecule has 6 unspecified atom stereocenters. The SMILES string of the molecule is CC.CCC.CCCCC/C=C\C(C)C(NC(C)(O)C1CCCN1C(=O)CNC(=O)NC(CN(C=O)C(C)=O)C(C)CC)C(=O)O.COc1ccc2c(OC)cc(-c3csc(NC(C)C)n3)nc2c1.Cc1ccccc1. The predicted octanol–water partition coefficient (Wildman–Crippen LogP) is 10.9. The van der Waals surface area contributed by atoms with Gasteiger partial charge >= 0.3 is 12.0 Å². The molecule has 1 fully saturated rings. The number of aliphatic hydroxyl groups is 1. The molecule has 1 aliphatic heterocycles. The number of rotatable bonds is 23. The monoisotopic (exact) mass is 1080 g/mol. The quantitative estimate of drug-likeness (QED) is 0.0176. The topological polar surface area (TPSA) is 225 Å². The number of likely N-dealkylation sites (tertiary alicyclic amines) is 1. The van der Waals surface area contributed by atoms with Crippen molar-refractivity contribution in [3.05, 3.63) is 77.7 Å². The van der Waals surface area contributed by atoms with Crippen LogP contribution in [-0.4, -0.2) is 124 Å². The molecule has 18 heteroatoms. The zero-order chi connectivity index (χ0) is 57.4. The van der Waals surface area contributed by atoms with E-state index in [9.17, 15) is 34.2 Å². The first-order valence-corrected chi connectivity index (χ1v) is 27.8. The van der Waals surface area contributed by atoms with Gasteiger partial charge in [0.05, 0.1) is 44.1 Å². The molecule has 5 amide bonds. The van der Waals surface area contributed by atoms with Crippen molar-refractivity contribution >= 4 is 57.6 Å². The minimum atomic E-state index is -1.69. The number of carboxylic acids is 1. The molecule has 3 heterocycles. The van der Waals surface area contributed by atoms with Gasteiger partial charge < -0.3 is 40.5 Å². The number of thiazole rings is 1.